The first-order valence-electron chi connectivity index (χ1n) is 7.11. The summed E-state index contributed by atoms with van der Waals surface area (Å²) in [7, 11) is 0. The predicted octanol–water partition coefficient (Wildman–Crippen LogP) is 1.90. The van der Waals surface area contributed by atoms with Crippen LogP contribution < -0.4 is 5.32 Å². The van der Waals surface area contributed by atoms with Crippen LogP contribution in [0.2, 0.25) is 0 Å². The van der Waals surface area contributed by atoms with Crippen LogP contribution in [0.1, 0.15) is 38.2 Å². The molecule has 1 fully saturated rings. The molecular weight excluding hydrogens is 256 g/mol. The van der Waals surface area contributed by atoms with Gasteiger partial charge in [0.1, 0.15) is 0 Å². The van der Waals surface area contributed by atoms with Crippen LogP contribution in [0.4, 0.5) is 0 Å². The summed E-state index contributed by atoms with van der Waals surface area (Å²) in [5, 5.41) is 2.94. The Morgan fingerprint density at radius 1 is 1.40 bits per heavy atom. The van der Waals surface area contributed by atoms with E-state index in [4.69, 9.17) is 9.15 Å². The van der Waals surface area contributed by atoms with Gasteiger partial charge in [-0.15, -0.1) is 0 Å². The van der Waals surface area contributed by atoms with E-state index >= 15 is 0 Å². The molecule has 1 N–H and O–H groups in total. The molecule has 0 aromatic carbocycles. The molecular formula is C15H24N2O3. The Hall–Kier alpha value is -1.33. The molecule has 1 aromatic heterocycles. The molecule has 0 bridgehead atoms. The minimum absolute atomic E-state index is 0.117. The second kappa shape index (κ2) is 5.97. The van der Waals surface area contributed by atoms with Gasteiger partial charge in [-0.05, 0) is 39.8 Å². The van der Waals surface area contributed by atoms with Gasteiger partial charge in [0.25, 0.3) is 5.91 Å². The van der Waals surface area contributed by atoms with Crippen LogP contribution in [0.5, 0.6) is 0 Å². The maximum Gasteiger partial charge on any atom is 0.287 e. The van der Waals surface area contributed by atoms with Gasteiger partial charge < -0.3 is 14.5 Å². The molecule has 1 aromatic rings. The van der Waals surface area contributed by atoms with Gasteiger partial charge in [-0.2, -0.15) is 0 Å². The van der Waals surface area contributed by atoms with Gasteiger partial charge in [0.05, 0.1) is 18.5 Å². The number of carbonyl (C=O) groups is 1. The number of amides is 1. The Morgan fingerprint density at radius 3 is 2.60 bits per heavy atom. The van der Waals surface area contributed by atoms with Crippen LogP contribution >= 0.6 is 0 Å². The standard InChI is InChI=1S/C15H24N2O3/c1-11-8-17(9-12(2)20-11)15(3,4)10-16-14(18)13-6-5-7-19-13/h5-7,11-12H,8-10H2,1-4H3,(H,16,18)/t11-,12-/m1/s1. The van der Waals surface area contributed by atoms with Gasteiger partial charge in [0, 0.05) is 25.2 Å². The Bertz CT molecular complexity index is 432. The number of nitrogens with zero attached hydrogens (tertiary/aromatic N) is 1. The lowest BCUT2D eigenvalue weighted by Gasteiger charge is -2.45. The summed E-state index contributed by atoms with van der Waals surface area (Å²) in [5.74, 6) is 0.182. The Kier molecular flexibility index (Phi) is 4.50. The molecule has 112 valence electrons. The summed E-state index contributed by atoms with van der Waals surface area (Å²) in [6.45, 7) is 10.8. The van der Waals surface area contributed by atoms with Crippen molar-refractivity contribution in [1.29, 1.82) is 0 Å². The minimum atomic E-state index is -0.169. The van der Waals surface area contributed by atoms with Gasteiger partial charge in [0.15, 0.2) is 5.76 Å². The van der Waals surface area contributed by atoms with Crippen molar-refractivity contribution >= 4 is 5.91 Å². The quantitative estimate of drug-likeness (QED) is 0.915. The van der Waals surface area contributed by atoms with Gasteiger partial charge in [-0.25, -0.2) is 0 Å². The largest absolute Gasteiger partial charge is 0.459 e. The van der Waals surface area contributed by atoms with Crippen molar-refractivity contribution in [2.75, 3.05) is 19.6 Å². The smallest absolute Gasteiger partial charge is 0.287 e. The molecule has 0 radical (unpaired) electrons. The van der Waals surface area contributed by atoms with E-state index in [1.165, 1.54) is 6.26 Å². The maximum atomic E-state index is 11.9. The van der Waals surface area contributed by atoms with Crippen LogP contribution in [-0.4, -0.2) is 48.2 Å². The SMILES string of the molecule is C[C@@H]1CN(C(C)(C)CNC(=O)c2ccco2)C[C@@H](C)O1. The highest BCUT2D eigenvalue weighted by atomic mass is 16.5. The topological polar surface area (TPSA) is 54.7 Å². The normalized spacial score (nSPS) is 24.6. The summed E-state index contributed by atoms with van der Waals surface area (Å²) < 4.78 is 10.8. The molecule has 0 saturated carbocycles. The van der Waals surface area contributed by atoms with E-state index in [9.17, 15) is 4.79 Å². The lowest BCUT2D eigenvalue weighted by atomic mass is 10.00. The third-order valence-electron chi connectivity index (χ3n) is 3.70. The average Bonchev–Trinajstić information content (AvgIpc) is 2.88. The summed E-state index contributed by atoms with van der Waals surface area (Å²) in [6.07, 6.45) is 1.95. The van der Waals surface area contributed by atoms with Crippen LogP contribution in [0.3, 0.4) is 0 Å². The fraction of sp³-hybridized carbons (Fsp3) is 0.667. The van der Waals surface area contributed by atoms with Crippen molar-refractivity contribution in [1.82, 2.24) is 10.2 Å². The molecule has 1 saturated heterocycles. The van der Waals surface area contributed by atoms with E-state index in [2.05, 4.69) is 37.9 Å². The number of furan rings is 1. The van der Waals surface area contributed by atoms with E-state index in [0.717, 1.165) is 13.1 Å². The number of morpholine rings is 1. The lowest BCUT2D eigenvalue weighted by Crippen LogP contribution is -2.58. The Morgan fingerprint density at radius 2 is 2.05 bits per heavy atom. The third-order valence-corrected chi connectivity index (χ3v) is 3.70. The van der Waals surface area contributed by atoms with Crippen molar-refractivity contribution in [2.45, 2.75) is 45.4 Å². The molecule has 20 heavy (non-hydrogen) atoms. The van der Waals surface area contributed by atoms with Crippen LogP contribution in [0.15, 0.2) is 22.8 Å². The summed E-state index contributed by atoms with van der Waals surface area (Å²) in [6, 6.07) is 3.38. The second-order valence-electron chi connectivity index (χ2n) is 6.13. The van der Waals surface area contributed by atoms with Crippen molar-refractivity contribution in [3.05, 3.63) is 24.2 Å². The Labute approximate surface area is 120 Å². The van der Waals surface area contributed by atoms with Crippen molar-refractivity contribution in [3.63, 3.8) is 0 Å². The molecule has 0 aliphatic carbocycles. The van der Waals surface area contributed by atoms with Crippen LogP contribution in [0.25, 0.3) is 0 Å². The molecule has 1 amide bonds. The molecule has 0 spiro atoms. The lowest BCUT2D eigenvalue weighted by molar-refractivity contribution is -0.0948. The molecule has 1 aliphatic rings. The zero-order valence-electron chi connectivity index (χ0n) is 12.7. The molecule has 5 heteroatoms. The minimum Gasteiger partial charge on any atom is -0.459 e. The first-order chi connectivity index (χ1) is 9.38. The van der Waals surface area contributed by atoms with Crippen molar-refractivity contribution < 1.29 is 13.9 Å². The summed E-state index contributed by atoms with van der Waals surface area (Å²) in [5.41, 5.74) is -0.117. The molecule has 2 atom stereocenters. The highest BCUT2D eigenvalue weighted by Crippen LogP contribution is 2.20. The highest BCUT2D eigenvalue weighted by molar-refractivity contribution is 5.91. The first-order valence-corrected chi connectivity index (χ1v) is 7.11. The molecule has 1 aliphatic heterocycles. The van der Waals surface area contributed by atoms with E-state index in [-0.39, 0.29) is 23.7 Å². The van der Waals surface area contributed by atoms with Crippen LogP contribution in [0, 0.1) is 0 Å². The molecule has 5 nitrogen and oxygen atoms in total. The Balaban J connectivity index is 1.91. The van der Waals surface area contributed by atoms with E-state index in [0.29, 0.717) is 12.3 Å². The molecule has 2 rings (SSSR count). The highest BCUT2D eigenvalue weighted by Gasteiger charge is 2.33. The van der Waals surface area contributed by atoms with Gasteiger partial charge in [0.2, 0.25) is 0 Å². The number of rotatable bonds is 4. The number of ether oxygens (including phenoxy) is 1. The number of nitrogens with one attached hydrogen (secondary N) is 1. The summed E-state index contributed by atoms with van der Waals surface area (Å²) >= 11 is 0. The van der Waals surface area contributed by atoms with Gasteiger partial charge in [-0.3, -0.25) is 9.69 Å². The van der Waals surface area contributed by atoms with Gasteiger partial charge in [-0.1, -0.05) is 0 Å². The summed E-state index contributed by atoms with van der Waals surface area (Å²) in [4.78, 5) is 14.3. The number of hydrogen-bond donors (Lipinski definition) is 1. The van der Waals surface area contributed by atoms with E-state index in [1.54, 1.807) is 12.1 Å². The fourth-order valence-corrected chi connectivity index (χ4v) is 2.58. The van der Waals surface area contributed by atoms with E-state index in [1.807, 2.05) is 0 Å². The number of carbonyl (C=O) groups excluding carboxylic acids is 1. The van der Waals surface area contributed by atoms with Crippen LogP contribution in [-0.2, 0) is 4.74 Å². The zero-order chi connectivity index (χ0) is 14.8. The van der Waals surface area contributed by atoms with Gasteiger partial charge >= 0.3 is 0 Å². The second-order valence-corrected chi connectivity index (χ2v) is 6.13. The first kappa shape index (κ1) is 15.1. The zero-order valence-corrected chi connectivity index (χ0v) is 12.7. The average molecular weight is 280 g/mol. The number of hydrogen-bond acceptors (Lipinski definition) is 4. The molecule has 2 heterocycles. The maximum absolute atomic E-state index is 11.9. The fourth-order valence-electron chi connectivity index (χ4n) is 2.58. The predicted molar refractivity (Wildman–Crippen MR) is 76.7 cm³/mol. The van der Waals surface area contributed by atoms with E-state index < -0.39 is 0 Å². The molecule has 0 unspecified atom stereocenters. The van der Waals surface area contributed by atoms with Crippen molar-refractivity contribution in [3.8, 4) is 0 Å². The third kappa shape index (κ3) is 3.61. The monoisotopic (exact) mass is 280 g/mol. The van der Waals surface area contributed by atoms with Crippen molar-refractivity contribution in [2.24, 2.45) is 0 Å².